The molecule has 16 heavy (non-hydrogen) atoms. The minimum absolute atomic E-state index is 0.136. The Kier molecular flexibility index (Phi) is 6.72. The van der Waals surface area contributed by atoms with Gasteiger partial charge in [0.2, 0.25) is 5.91 Å². The van der Waals surface area contributed by atoms with E-state index in [1.807, 2.05) is 13.8 Å². The van der Waals surface area contributed by atoms with E-state index < -0.39 is 17.9 Å². The van der Waals surface area contributed by atoms with Crippen LogP contribution in [0.3, 0.4) is 0 Å². The maximum atomic E-state index is 11.5. The van der Waals surface area contributed by atoms with E-state index in [2.05, 4.69) is 5.32 Å². The first-order valence-electron chi connectivity index (χ1n) is 5.66. The molecular weight excluding hydrogens is 208 g/mol. The predicted octanol–water partition coefficient (Wildman–Crippen LogP) is 0.587. The summed E-state index contributed by atoms with van der Waals surface area (Å²) in [4.78, 5) is 22.0. The van der Waals surface area contributed by atoms with Crippen LogP contribution in [0.2, 0.25) is 0 Å². The molecule has 0 aromatic rings. The number of nitrogens with two attached hydrogens (primary N) is 1. The number of amides is 1. The zero-order valence-corrected chi connectivity index (χ0v) is 10.2. The van der Waals surface area contributed by atoms with Gasteiger partial charge < -0.3 is 16.2 Å². The van der Waals surface area contributed by atoms with Gasteiger partial charge in [-0.05, 0) is 12.3 Å². The summed E-state index contributed by atoms with van der Waals surface area (Å²) in [5.41, 5.74) is 5.72. The van der Waals surface area contributed by atoms with E-state index >= 15 is 0 Å². The molecule has 94 valence electrons. The molecule has 1 amide bonds. The third-order valence-corrected chi connectivity index (χ3v) is 2.86. The third kappa shape index (κ3) is 5.11. The van der Waals surface area contributed by atoms with Crippen LogP contribution in [0.4, 0.5) is 0 Å². The average Bonchev–Trinajstić information content (AvgIpc) is 2.26. The van der Waals surface area contributed by atoms with Crippen molar-refractivity contribution in [3.8, 4) is 0 Å². The van der Waals surface area contributed by atoms with Crippen molar-refractivity contribution in [3.63, 3.8) is 0 Å². The minimum Gasteiger partial charge on any atom is -0.481 e. The van der Waals surface area contributed by atoms with Crippen molar-refractivity contribution in [1.29, 1.82) is 0 Å². The van der Waals surface area contributed by atoms with Gasteiger partial charge in [-0.1, -0.05) is 27.2 Å². The molecule has 5 heteroatoms. The number of carbonyl (C=O) groups excluding carboxylic acids is 1. The molecule has 3 atom stereocenters. The van der Waals surface area contributed by atoms with E-state index in [-0.39, 0.29) is 11.8 Å². The summed E-state index contributed by atoms with van der Waals surface area (Å²) < 4.78 is 0. The van der Waals surface area contributed by atoms with Crippen molar-refractivity contribution in [1.82, 2.24) is 5.32 Å². The number of carboxylic acids is 1. The molecule has 5 nitrogen and oxygen atoms in total. The Labute approximate surface area is 96.4 Å². The van der Waals surface area contributed by atoms with Gasteiger partial charge in [0.25, 0.3) is 0 Å². The molecule has 0 saturated heterocycles. The highest BCUT2D eigenvalue weighted by molar-refractivity contribution is 5.81. The summed E-state index contributed by atoms with van der Waals surface area (Å²) in [6.07, 6.45) is 1.27. The van der Waals surface area contributed by atoms with Gasteiger partial charge in [0.15, 0.2) is 0 Å². The Bertz CT molecular complexity index is 243. The van der Waals surface area contributed by atoms with Gasteiger partial charge in [0.05, 0.1) is 12.0 Å². The Hall–Kier alpha value is -1.10. The number of hydrogen-bond donors (Lipinski definition) is 3. The standard InChI is InChI=1S/C11H22N2O3/c1-4-7(2)9(12)10(14)13-6-5-8(3)11(15)16/h7-9H,4-6,12H2,1-3H3,(H,13,14)(H,15,16)/t7?,8?,9-/m0/s1. The fraction of sp³-hybridized carbons (Fsp3) is 0.818. The van der Waals surface area contributed by atoms with E-state index in [0.717, 1.165) is 6.42 Å². The van der Waals surface area contributed by atoms with E-state index in [1.165, 1.54) is 0 Å². The van der Waals surface area contributed by atoms with Gasteiger partial charge in [0.1, 0.15) is 0 Å². The van der Waals surface area contributed by atoms with Gasteiger partial charge in [-0.25, -0.2) is 0 Å². The van der Waals surface area contributed by atoms with Crippen LogP contribution in [0, 0.1) is 11.8 Å². The van der Waals surface area contributed by atoms with Crippen LogP contribution in [0.5, 0.6) is 0 Å². The summed E-state index contributed by atoms with van der Waals surface area (Å²) in [5, 5.41) is 11.3. The van der Waals surface area contributed by atoms with Gasteiger partial charge in [0, 0.05) is 6.54 Å². The molecule has 0 fully saturated rings. The molecule has 0 radical (unpaired) electrons. The van der Waals surface area contributed by atoms with Gasteiger partial charge in [-0.15, -0.1) is 0 Å². The quantitative estimate of drug-likeness (QED) is 0.596. The smallest absolute Gasteiger partial charge is 0.306 e. The fourth-order valence-electron chi connectivity index (χ4n) is 1.17. The van der Waals surface area contributed by atoms with E-state index in [4.69, 9.17) is 10.8 Å². The summed E-state index contributed by atoms with van der Waals surface area (Å²) in [7, 11) is 0. The predicted molar refractivity (Wildman–Crippen MR) is 61.9 cm³/mol. The highest BCUT2D eigenvalue weighted by atomic mass is 16.4. The summed E-state index contributed by atoms with van der Waals surface area (Å²) in [5.74, 6) is -1.36. The number of carbonyl (C=O) groups is 2. The fourth-order valence-corrected chi connectivity index (χ4v) is 1.17. The lowest BCUT2D eigenvalue weighted by molar-refractivity contribution is -0.141. The second kappa shape index (κ2) is 7.22. The first kappa shape index (κ1) is 14.9. The van der Waals surface area contributed by atoms with Gasteiger partial charge >= 0.3 is 5.97 Å². The normalized spacial score (nSPS) is 16.2. The van der Waals surface area contributed by atoms with E-state index in [1.54, 1.807) is 6.92 Å². The second-order valence-electron chi connectivity index (χ2n) is 4.23. The minimum atomic E-state index is -0.847. The lowest BCUT2D eigenvalue weighted by atomic mass is 9.99. The Morgan fingerprint density at radius 3 is 2.38 bits per heavy atom. The van der Waals surface area contributed by atoms with Gasteiger partial charge in [-0.3, -0.25) is 9.59 Å². The highest BCUT2D eigenvalue weighted by Crippen LogP contribution is 2.05. The Morgan fingerprint density at radius 1 is 1.38 bits per heavy atom. The number of hydrogen-bond acceptors (Lipinski definition) is 3. The number of nitrogens with one attached hydrogen (secondary N) is 1. The van der Waals surface area contributed by atoms with Crippen molar-refractivity contribution in [2.75, 3.05) is 6.54 Å². The molecule has 0 saturated carbocycles. The molecule has 0 aliphatic rings. The van der Waals surface area contributed by atoms with Crippen LogP contribution in [-0.2, 0) is 9.59 Å². The first-order valence-corrected chi connectivity index (χ1v) is 5.66. The topological polar surface area (TPSA) is 92.4 Å². The Balaban J connectivity index is 3.85. The van der Waals surface area contributed by atoms with Crippen LogP contribution in [0.1, 0.15) is 33.6 Å². The summed E-state index contributed by atoms with van der Waals surface area (Å²) in [6.45, 7) is 5.87. The third-order valence-electron chi connectivity index (χ3n) is 2.86. The van der Waals surface area contributed by atoms with Crippen molar-refractivity contribution < 1.29 is 14.7 Å². The SMILES string of the molecule is CCC(C)[C@H](N)C(=O)NCCC(C)C(=O)O. The zero-order chi connectivity index (χ0) is 12.7. The maximum Gasteiger partial charge on any atom is 0.306 e. The summed E-state index contributed by atoms with van der Waals surface area (Å²) in [6, 6.07) is -0.509. The van der Waals surface area contributed by atoms with Crippen molar-refractivity contribution in [2.24, 2.45) is 17.6 Å². The van der Waals surface area contributed by atoms with Crippen LogP contribution in [0.15, 0.2) is 0 Å². The molecule has 0 aromatic heterocycles. The van der Waals surface area contributed by atoms with Gasteiger partial charge in [-0.2, -0.15) is 0 Å². The van der Waals surface area contributed by atoms with E-state index in [0.29, 0.717) is 13.0 Å². The second-order valence-corrected chi connectivity index (χ2v) is 4.23. The van der Waals surface area contributed by atoms with Crippen LogP contribution in [-0.4, -0.2) is 29.6 Å². The molecule has 0 aliphatic heterocycles. The Morgan fingerprint density at radius 2 is 1.94 bits per heavy atom. The number of aliphatic carboxylic acids is 1. The van der Waals surface area contributed by atoms with Crippen LogP contribution in [0.25, 0.3) is 0 Å². The largest absolute Gasteiger partial charge is 0.481 e. The van der Waals surface area contributed by atoms with E-state index in [9.17, 15) is 9.59 Å². The molecule has 0 heterocycles. The van der Waals surface area contributed by atoms with Crippen molar-refractivity contribution in [2.45, 2.75) is 39.7 Å². The molecule has 0 rings (SSSR count). The van der Waals surface area contributed by atoms with Crippen LogP contribution < -0.4 is 11.1 Å². The highest BCUT2D eigenvalue weighted by Gasteiger charge is 2.19. The molecule has 0 aromatic carbocycles. The molecule has 4 N–H and O–H groups in total. The molecule has 0 bridgehead atoms. The van der Waals surface area contributed by atoms with Crippen molar-refractivity contribution in [3.05, 3.63) is 0 Å². The monoisotopic (exact) mass is 230 g/mol. The molecular formula is C11H22N2O3. The number of rotatable bonds is 7. The summed E-state index contributed by atoms with van der Waals surface area (Å²) >= 11 is 0. The average molecular weight is 230 g/mol. The molecule has 0 spiro atoms. The first-order chi connectivity index (χ1) is 7.40. The zero-order valence-electron chi connectivity index (χ0n) is 10.2. The number of carboxylic acid groups (broad SMARTS) is 1. The maximum absolute atomic E-state index is 11.5. The lowest BCUT2D eigenvalue weighted by Crippen LogP contribution is -2.45. The molecule has 2 unspecified atom stereocenters. The van der Waals surface area contributed by atoms with Crippen LogP contribution >= 0.6 is 0 Å². The van der Waals surface area contributed by atoms with Crippen molar-refractivity contribution >= 4 is 11.9 Å². The molecule has 0 aliphatic carbocycles. The lowest BCUT2D eigenvalue weighted by Gasteiger charge is -2.18.